The summed E-state index contributed by atoms with van der Waals surface area (Å²) in [6.45, 7) is 10.7. The first-order chi connectivity index (χ1) is 8.81. The highest BCUT2D eigenvalue weighted by Crippen LogP contribution is 2.19. The van der Waals surface area contributed by atoms with Crippen LogP contribution in [0.15, 0.2) is 35.9 Å². The summed E-state index contributed by atoms with van der Waals surface area (Å²) in [6.07, 6.45) is 6.35. The zero-order valence-electron chi connectivity index (χ0n) is 10.8. The highest BCUT2D eigenvalue weighted by atomic mass is 16.5. The second-order valence-corrected chi connectivity index (χ2v) is 4.71. The predicted molar refractivity (Wildman–Crippen MR) is 72.0 cm³/mol. The molecule has 0 aromatic carbocycles. The fourth-order valence-corrected chi connectivity index (χ4v) is 1.84. The zero-order chi connectivity index (χ0) is 12.8. The van der Waals surface area contributed by atoms with E-state index in [1.54, 1.807) is 0 Å². The Labute approximate surface area is 108 Å². The summed E-state index contributed by atoms with van der Waals surface area (Å²) in [7, 11) is 0. The van der Waals surface area contributed by atoms with Gasteiger partial charge in [-0.25, -0.2) is 0 Å². The van der Waals surface area contributed by atoms with Crippen molar-refractivity contribution in [2.75, 3.05) is 13.1 Å². The Bertz CT molecular complexity index is 385. The number of rotatable bonds is 9. The monoisotopic (exact) mass is 247 g/mol. The topological polar surface area (TPSA) is 41.3 Å². The van der Waals surface area contributed by atoms with Gasteiger partial charge >= 0.3 is 0 Å². The molecule has 1 fully saturated rings. The normalized spacial score (nSPS) is 14.9. The lowest BCUT2D eigenvalue weighted by Crippen LogP contribution is -2.23. The van der Waals surface area contributed by atoms with Crippen LogP contribution >= 0.6 is 0 Å². The summed E-state index contributed by atoms with van der Waals surface area (Å²) in [5.41, 5.74) is 0.981. The first-order valence-corrected chi connectivity index (χ1v) is 6.44. The Morgan fingerprint density at radius 2 is 2.11 bits per heavy atom. The third-order valence-corrected chi connectivity index (χ3v) is 2.91. The van der Waals surface area contributed by atoms with Crippen molar-refractivity contribution in [1.29, 1.82) is 0 Å². The summed E-state index contributed by atoms with van der Waals surface area (Å²) >= 11 is 0. The van der Waals surface area contributed by atoms with Gasteiger partial charge in [0.2, 0.25) is 0 Å². The molecule has 0 radical (unpaired) electrons. The van der Waals surface area contributed by atoms with Crippen molar-refractivity contribution in [3.63, 3.8) is 0 Å². The molecule has 1 heterocycles. The van der Waals surface area contributed by atoms with Crippen molar-refractivity contribution in [3.8, 4) is 0 Å². The fraction of sp³-hybridized carbons (Fsp3) is 0.500. The van der Waals surface area contributed by atoms with Crippen molar-refractivity contribution in [3.05, 3.63) is 42.8 Å². The summed E-state index contributed by atoms with van der Waals surface area (Å²) < 4.78 is 5.34. The maximum Gasteiger partial charge on any atom is 0.151 e. The first kappa shape index (κ1) is 13.1. The van der Waals surface area contributed by atoms with Crippen LogP contribution in [0.2, 0.25) is 0 Å². The third kappa shape index (κ3) is 4.13. The zero-order valence-corrected chi connectivity index (χ0v) is 10.8. The molecule has 1 aromatic rings. The van der Waals surface area contributed by atoms with Crippen LogP contribution in [0.25, 0.3) is 0 Å². The summed E-state index contributed by atoms with van der Waals surface area (Å²) in [6, 6.07) is 2.72. The highest BCUT2D eigenvalue weighted by Gasteiger charge is 2.20. The van der Waals surface area contributed by atoms with Gasteiger partial charge in [0.05, 0.1) is 12.2 Å². The quantitative estimate of drug-likeness (QED) is 0.679. The Morgan fingerprint density at radius 1 is 1.39 bits per heavy atom. The van der Waals surface area contributed by atoms with Crippen molar-refractivity contribution >= 4 is 0 Å². The van der Waals surface area contributed by atoms with Gasteiger partial charge in [0, 0.05) is 31.7 Å². The summed E-state index contributed by atoms with van der Waals surface area (Å²) in [4.78, 5) is 2.19. The average Bonchev–Trinajstić information content (AvgIpc) is 3.08. The van der Waals surface area contributed by atoms with E-state index in [1.165, 1.54) is 12.8 Å². The van der Waals surface area contributed by atoms with Crippen LogP contribution < -0.4 is 5.32 Å². The minimum Gasteiger partial charge on any atom is -0.360 e. The molecule has 4 heteroatoms. The Morgan fingerprint density at radius 3 is 2.72 bits per heavy atom. The molecule has 0 atom stereocenters. The van der Waals surface area contributed by atoms with Crippen LogP contribution in [0.1, 0.15) is 24.3 Å². The van der Waals surface area contributed by atoms with Crippen molar-refractivity contribution < 1.29 is 4.52 Å². The molecule has 1 aromatic heterocycles. The third-order valence-electron chi connectivity index (χ3n) is 2.91. The van der Waals surface area contributed by atoms with Gasteiger partial charge in [-0.1, -0.05) is 17.3 Å². The largest absolute Gasteiger partial charge is 0.360 e. The Balaban J connectivity index is 1.82. The fourth-order valence-electron chi connectivity index (χ4n) is 1.84. The number of hydrogen-bond acceptors (Lipinski definition) is 4. The second kappa shape index (κ2) is 6.52. The molecule has 4 nitrogen and oxygen atoms in total. The van der Waals surface area contributed by atoms with Crippen molar-refractivity contribution in [2.24, 2.45) is 0 Å². The van der Waals surface area contributed by atoms with E-state index in [4.69, 9.17) is 4.52 Å². The Kier molecular flexibility index (Phi) is 4.73. The van der Waals surface area contributed by atoms with Gasteiger partial charge in [0.25, 0.3) is 0 Å². The SMILES string of the molecule is C=CCN(CC=C)Cc1cc(CNC2CC2)no1. The molecule has 1 saturated carbocycles. The molecule has 0 aliphatic heterocycles. The lowest BCUT2D eigenvalue weighted by Gasteiger charge is -2.16. The molecule has 1 N–H and O–H groups in total. The van der Waals surface area contributed by atoms with E-state index in [0.717, 1.165) is 37.6 Å². The summed E-state index contributed by atoms with van der Waals surface area (Å²) in [5, 5.41) is 7.49. The van der Waals surface area contributed by atoms with Crippen LogP contribution in [0.4, 0.5) is 0 Å². The van der Waals surface area contributed by atoms with Gasteiger partial charge in [0.1, 0.15) is 0 Å². The average molecular weight is 247 g/mol. The maximum absolute atomic E-state index is 5.34. The number of aromatic nitrogens is 1. The van der Waals surface area contributed by atoms with Gasteiger partial charge in [-0.3, -0.25) is 4.90 Å². The lowest BCUT2D eigenvalue weighted by molar-refractivity contribution is 0.270. The molecular formula is C14H21N3O. The molecule has 1 aliphatic rings. The molecule has 2 rings (SSSR count). The van der Waals surface area contributed by atoms with Crippen LogP contribution in [0.3, 0.4) is 0 Å². The van der Waals surface area contributed by atoms with Crippen LogP contribution in [-0.2, 0) is 13.1 Å². The minimum atomic E-state index is 0.697. The van der Waals surface area contributed by atoms with E-state index in [9.17, 15) is 0 Å². The standard InChI is InChI=1S/C14H21N3O/c1-3-7-17(8-4-2)11-14-9-13(16-18-14)10-15-12-5-6-12/h3-4,9,12,15H,1-2,5-8,10-11H2. The van der Waals surface area contributed by atoms with Crippen LogP contribution in [-0.4, -0.2) is 29.2 Å². The van der Waals surface area contributed by atoms with E-state index in [1.807, 2.05) is 18.2 Å². The van der Waals surface area contributed by atoms with Gasteiger partial charge in [-0.2, -0.15) is 0 Å². The van der Waals surface area contributed by atoms with Crippen molar-refractivity contribution in [1.82, 2.24) is 15.4 Å². The molecule has 1 aliphatic carbocycles. The number of hydrogen-bond donors (Lipinski definition) is 1. The highest BCUT2D eigenvalue weighted by molar-refractivity contribution is 5.06. The maximum atomic E-state index is 5.34. The van der Waals surface area contributed by atoms with Gasteiger partial charge in [0.15, 0.2) is 5.76 Å². The van der Waals surface area contributed by atoms with Gasteiger partial charge < -0.3 is 9.84 Å². The molecule has 18 heavy (non-hydrogen) atoms. The van der Waals surface area contributed by atoms with E-state index >= 15 is 0 Å². The smallest absolute Gasteiger partial charge is 0.151 e. The number of nitrogens with one attached hydrogen (secondary N) is 1. The molecular weight excluding hydrogens is 226 g/mol. The lowest BCUT2D eigenvalue weighted by atomic mass is 10.3. The second-order valence-electron chi connectivity index (χ2n) is 4.71. The number of nitrogens with zero attached hydrogens (tertiary/aromatic N) is 2. The van der Waals surface area contributed by atoms with Crippen molar-refractivity contribution in [2.45, 2.75) is 32.0 Å². The van der Waals surface area contributed by atoms with E-state index in [0.29, 0.717) is 6.04 Å². The summed E-state index contributed by atoms with van der Waals surface area (Å²) in [5.74, 6) is 0.895. The predicted octanol–water partition coefficient (Wildman–Crippen LogP) is 2.10. The van der Waals surface area contributed by atoms with Gasteiger partial charge in [-0.05, 0) is 12.8 Å². The minimum absolute atomic E-state index is 0.697. The van der Waals surface area contributed by atoms with E-state index in [2.05, 4.69) is 28.5 Å². The van der Waals surface area contributed by atoms with Crippen LogP contribution in [0.5, 0.6) is 0 Å². The first-order valence-electron chi connectivity index (χ1n) is 6.44. The molecule has 0 bridgehead atoms. The Hall–Kier alpha value is -1.39. The van der Waals surface area contributed by atoms with E-state index < -0.39 is 0 Å². The molecule has 98 valence electrons. The van der Waals surface area contributed by atoms with E-state index in [-0.39, 0.29) is 0 Å². The van der Waals surface area contributed by atoms with Gasteiger partial charge in [-0.15, -0.1) is 13.2 Å². The van der Waals surface area contributed by atoms with Crippen LogP contribution in [0, 0.1) is 0 Å². The molecule has 0 amide bonds. The molecule has 0 saturated heterocycles. The molecule has 0 spiro atoms. The molecule has 0 unspecified atom stereocenters.